The van der Waals surface area contributed by atoms with E-state index in [0.717, 1.165) is 31.6 Å². The Labute approximate surface area is 138 Å². The van der Waals surface area contributed by atoms with Crippen molar-refractivity contribution in [1.29, 1.82) is 0 Å². The van der Waals surface area contributed by atoms with Crippen LogP contribution < -0.4 is 4.74 Å². The van der Waals surface area contributed by atoms with Gasteiger partial charge in [0, 0.05) is 12.6 Å². The van der Waals surface area contributed by atoms with Crippen LogP contribution in [-0.4, -0.2) is 35.5 Å². The molecule has 1 aromatic carbocycles. The van der Waals surface area contributed by atoms with Crippen molar-refractivity contribution in [2.45, 2.75) is 25.3 Å². The van der Waals surface area contributed by atoms with Gasteiger partial charge in [0.1, 0.15) is 10.6 Å². The second-order valence-corrected chi connectivity index (χ2v) is 6.53. The molecule has 6 heteroatoms. The molecule has 1 aromatic heterocycles. The summed E-state index contributed by atoms with van der Waals surface area (Å²) in [5.74, 6) is 0.850. The van der Waals surface area contributed by atoms with Gasteiger partial charge in [-0.25, -0.2) is 4.98 Å². The minimum atomic E-state index is 0.00325. The van der Waals surface area contributed by atoms with E-state index in [1.807, 2.05) is 17.0 Å². The zero-order chi connectivity index (χ0) is 15.5. The third-order valence-electron chi connectivity index (χ3n) is 3.99. The van der Waals surface area contributed by atoms with Crippen molar-refractivity contribution in [3.63, 3.8) is 0 Å². The Hall–Kier alpha value is -1.59. The number of hydrogen-bond acceptors (Lipinski definition) is 4. The molecule has 2 heterocycles. The van der Waals surface area contributed by atoms with E-state index in [4.69, 9.17) is 16.3 Å². The van der Waals surface area contributed by atoms with Crippen LogP contribution in [0.2, 0.25) is 5.15 Å². The summed E-state index contributed by atoms with van der Waals surface area (Å²) >= 11 is 7.30. The lowest BCUT2D eigenvalue weighted by molar-refractivity contribution is 0.0741. The third-order valence-corrected chi connectivity index (χ3v) is 5.20. The maximum atomic E-state index is 12.6. The largest absolute Gasteiger partial charge is 0.497 e. The summed E-state index contributed by atoms with van der Waals surface area (Å²) in [6.07, 6.45) is 2.91. The number of hydrogen-bond donors (Lipinski definition) is 0. The van der Waals surface area contributed by atoms with E-state index >= 15 is 0 Å². The van der Waals surface area contributed by atoms with Crippen LogP contribution in [0.4, 0.5) is 0 Å². The van der Waals surface area contributed by atoms with Crippen molar-refractivity contribution in [3.8, 4) is 5.75 Å². The van der Waals surface area contributed by atoms with Gasteiger partial charge >= 0.3 is 0 Å². The number of ether oxygens (including phenoxy) is 1. The number of thiazole rings is 1. The molecule has 0 bridgehead atoms. The van der Waals surface area contributed by atoms with Crippen LogP contribution in [0.15, 0.2) is 29.8 Å². The van der Waals surface area contributed by atoms with Crippen LogP contribution >= 0.6 is 22.9 Å². The summed E-state index contributed by atoms with van der Waals surface area (Å²) in [6, 6.07) is 8.24. The quantitative estimate of drug-likeness (QED) is 0.855. The Kier molecular flexibility index (Phi) is 4.64. The highest BCUT2D eigenvalue weighted by atomic mass is 35.5. The van der Waals surface area contributed by atoms with E-state index in [9.17, 15) is 4.79 Å². The first kappa shape index (κ1) is 15.3. The predicted molar refractivity (Wildman–Crippen MR) is 87.9 cm³/mol. The number of carbonyl (C=O) groups is 1. The van der Waals surface area contributed by atoms with Gasteiger partial charge in [-0.2, -0.15) is 0 Å². The van der Waals surface area contributed by atoms with Gasteiger partial charge in [-0.15, -0.1) is 11.3 Å². The van der Waals surface area contributed by atoms with Gasteiger partial charge in [-0.1, -0.05) is 23.7 Å². The number of amides is 1. The van der Waals surface area contributed by atoms with Crippen molar-refractivity contribution in [1.82, 2.24) is 9.88 Å². The molecular formula is C16H17ClN2O2S. The maximum Gasteiger partial charge on any atom is 0.267 e. The van der Waals surface area contributed by atoms with E-state index in [2.05, 4.69) is 17.1 Å². The fourth-order valence-corrected chi connectivity index (χ4v) is 3.80. The Balaban J connectivity index is 1.72. The first-order chi connectivity index (χ1) is 10.7. The van der Waals surface area contributed by atoms with Gasteiger partial charge in [0.05, 0.1) is 12.6 Å². The number of nitrogens with zero attached hydrogens (tertiary/aromatic N) is 2. The molecule has 22 heavy (non-hydrogen) atoms. The first-order valence-electron chi connectivity index (χ1n) is 7.22. The smallest absolute Gasteiger partial charge is 0.267 e. The van der Waals surface area contributed by atoms with Crippen molar-refractivity contribution >= 4 is 28.8 Å². The van der Waals surface area contributed by atoms with Crippen LogP contribution in [0, 0.1) is 0 Å². The fraction of sp³-hybridized carbons (Fsp3) is 0.375. The van der Waals surface area contributed by atoms with Crippen LogP contribution in [0.3, 0.4) is 0 Å². The molecule has 1 atom stereocenters. The standard InChI is InChI=1S/C16H17ClN2O2S/c1-21-13-6-4-11(5-7-13)9-12-3-2-8-19(12)16(20)14-15(17)18-10-22-14/h4-7,10,12H,2-3,8-9H2,1H3/t12-/m1/s1. The molecular weight excluding hydrogens is 320 g/mol. The molecule has 1 aliphatic heterocycles. The molecule has 0 spiro atoms. The second kappa shape index (κ2) is 6.67. The molecule has 4 nitrogen and oxygen atoms in total. The topological polar surface area (TPSA) is 42.4 Å². The second-order valence-electron chi connectivity index (χ2n) is 5.32. The number of benzene rings is 1. The number of rotatable bonds is 4. The Morgan fingerprint density at radius 1 is 1.45 bits per heavy atom. The van der Waals surface area contributed by atoms with E-state index < -0.39 is 0 Å². The number of aromatic nitrogens is 1. The molecule has 116 valence electrons. The van der Waals surface area contributed by atoms with E-state index in [1.54, 1.807) is 12.6 Å². The average molecular weight is 337 g/mol. The summed E-state index contributed by atoms with van der Waals surface area (Å²) < 4.78 is 5.18. The normalized spacial score (nSPS) is 17.7. The summed E-state index contributed by atoms with van der Waals surface area (Å²) in [5.41, 5.74) is 2.82. The molecule has 2 aromatic rings. The van der Waals surface area contributed by atoms with Crippen molar-refractivity contribution < 1.29 is 9.53 Å². The number of halogens is 1. The molecule has 1 saturated heterocycles. The van der Waals surface area contributed by atoms with E-state index in [0.29, 0.717) is 10.0 Å². The SMILES string of the molecule is COc1ccc(C[C@H]2CCCN2C(=O)c2scnc2Cl)cc1. The lowest BCUT2D eigenvalue weighted by Crippen LogP contribution is -2.36. The maximum absolute atomic E-state index is 12.6. The van der Waals surface area contributed by atoms with Crippen LogP contribution in [0.25, 0.3) is 0 Å². The molecule has 1 aliphatic rings. The van der Waals surface area contributed by atoms with Gasteiger partial charge in [0.25, 0.3) is 5.91 Å². The molecule has 0 unspecified atom stereocenters. The Morgan fingerprint density at radius 3 is 2.86 bits per heavy atom. The zero-order valence-electron chi connectivity index (χ0n) is 12.3. The van der Waals surface area contributed by atoms with Crippen molar-refractivity contribution in [2.24, 2.45) is 0 Å². The van der Waals surface area contributed by atoms with Gasteiger partial charge < -0.3 is 9.64 Å². The number of likely N-dealkylation sites (tertiary alicyclic amines) is 1. The zero-order valence-corrected chi connectivity index (χ0v) is 13.9. The van der Waals surface area contributed by atoms with Crippen molar-refractivity contribution in [2.75, 3.05) is 13.7 Å². The lowest BCUT2D eigenvalue weighted by Gasteiger charge is -2.24. The molecule has 0 radical (unpaired) electrons. The van der Waals surface area contributed by atoms with E-state index in [-0.39, 0.29) is 11.9 Å². The summed E-state index contributed by atoms with van der Waals surface area (Å²) in [7, 11) is 1.66. The predicted octanol–water partition coefficient (Wildman–Crippen LogP) is 3.65. The van der Waals surface area contributed by atoms with Crippen LogP contribution in [0.1, 0.15) is 28.1 Å². The summed E-state index contributed by atoms with van der Waals surface area (Å²) in [4.78, 5) is 19.1. The minimum Gasteiger partial charge on any atom is -0.497 e. The first-order valence-corrected chi connectivity index (χ1v) is 8.47. The molecule has 0 N–H and O–H groups in total. The van der Waals surface area contributed by atoms with Gasteiger partial charge in [0.15, 0.2) is 5.15 Å². The fourth-order valence-electron chi connectivity index (χ4n) is 2.85. The van der Waals surface area contributed by atoms with Gasteiger partial charge in [-0.3, -0.25) is 4.79 Å². The Bertz CT molecular complexity index is 656. The van der Waals surface area contributed by atoms with E-state index in [1.165, 1.54) is 16.9 Å². The lowest BCUT2D eigenvalue weighted by atomic mass is 10.0. The highest BCUT2D eigenvalue weighted by Crippen LogP contribution is 2.27. The Morgan fingerprint density at radius 2 is 2.23 bits per heavy atom. The number of carbonyl (C=O) groups excluding carboxylic acids is 1. The monoisotopic (exact) mass is 336 g/mol. The van der Waals surface area contributed by atoms with Crippen LogP contribution in [-0.2, 0) is 6.42 Å². The highest BCUT2D eigenvalue weighted by Gasteiger charge is 2.31. The summed E-state index contributed by atoms with van der Waals surface area (Å²) in [5, 5.41) is 0.310. The minimum absolute atomic E-state index is 0.00325. The van der Waals surface area contributed by atoms with Gasteiger partial charge in [-0.05, 0) is 37.0 Å². The van der Waals surface area contributed by atoms with Gasteiger partial charge in [0.2, 0.25) is 0 Å². The van der Waals surface area contributed by atoms with Crippen molar-refractivity contribution in [3.05, 3.63) is 45.4 Å². The number of methoxy groups -OCH3 is 1. The van der Waals surface area contributed by atoms with Crippen LogP contribution in [0.5, 0.6) is 5.75 Å². The summed E-state index contributed by atoms with van der Waals surface area (Å²) in [6.45, 7) is 0.786. The average Bonchev–Trinajstić information content (AvgIpc) is 3.16. The molecule has 0 saturated carbocycles. The third kappa shape index (κ3) is 3.10. The molecule has 1 fully saturated rings. The molecule has 1 amide bonds. The molecule has 3 rings (SSSR count). The molecule has 0 aliphatic carbocycles. The highest BCUT2D eigenvalue weighted by molar-refractivity contribution is 7.12.